The van der Waals surface area contributed by atoms with Gasteiger partial charge in [0.15, 0.2) is 0 Å². The molecule has 0 saturated heterocycles. The predicted octanol–water partition coefficient (Wildman–Crippen LogP) is 27.1. The number of unbranched alkanes of at least 4 members (excludes halogenated alkanes) is 71. The van der Waals surface area contributed by atoms with Crippen molar-refractivity contribution in [1.82, 2.24) is 5.32 Å². The summed E-state index contributed by atoms with van der Waals surface area (Å²) in [5.41, 5.74) is 0. The minimum Gasteiger partial charge on any atom is -0.481 e. The predicted molar refractivity (Wildman–Crippen MR) is 360 cm³/mol. The highest BCUT2D eigenvalue weighted by Crippen LogP contribution is 2.21. The molecule has 3 N–H and O–H groups in total. The van der Waals surface area contributed by atoms with Gasteiger partial charge in [0.05, 0.1) is 6.73 Å². The lowest BCUT2D eigenvalue weighted by Gasteiger charge is -2.05. The van der Waals surface area contributed by atoms with Crippen LogP contribution in [0.25, 0.3) is 0 Å². The minimum atomic E-state index is -0.646. The Morgan fingerprint density at radius 3 is 0.375 bits per heavy atom. The van der Waals surface area contributed by atoms with Crippen molar-refractivity contribution in [3.8, 4) is 0 Å². The molecular weight excluding hydrogens is 975 g/mol. The van der Waals surface area contributed by atoms with Crippen molar-refractivity contribution in [2.75, 3.05) is 13.3 Å². The normalized spacial score (nSPS) is 11.7. The Kier molecular flexibility index (Phi) is 75.8. The fourth-order valence-corrected chi connectivity index (χ4v) is 13.0. The van der Waals surface area contributed by atoms with Crippen molar-refractivity contribution in [1.29, 1.82) is 0 Å². The Labute approximate surface area is 505 Å². The number of hydrogen-bond acceptors (Lipinski definition) is 3. The van der Waals surface area contributed by atoms with Crippen LogP contribution in [0.3, 0.4) is 0 Å². The van der Waals surface area contributed by atoms with Crippen LogP contribution in [0.1, 0.15) is 469 Å². The van der Waals surface area contributed by atoms with Gasteiger partial charge in [0.2, 0.25) is 0 Å². The first-order valence-electron chi connectivity index (χ1n) is 38.3. The topological polar surface area (TPSA) is 69.6 Å². The zero-order valence-electron chi connectivity index (χ0n) is 55.3. The Hall–Kier alpha value is -0.610. The van der Waals surface area contributed by atoms with Crippen LogP contribution in [0.5, 0.6) is 0 Å². The Balaban J connectivity index is 3.08. The smallest absolute Gasteiger partial charge is 0.303 e. The highest BCUT2D eigenvalue weighted by Gasteiger charge is 2.02. The van der Waals surface area contributed by atoms with E-state index >= 15 is 0 Å². The summed E-state index contributed by atoms with van der Waals surface area (Å²) < 4.78 is 0. The first-order valence-corrected chi connectivity index (χ1v) is 38.3. The van der Waals surface area contributed by atoms with Gasteiger partial charge in [0.25, 0.3) is 0 Å². The standard InChI is InChI=1S/C76H153NO3/c78-75-77-74-72-70-68-66-64-62-60-58-56-54-52-50-48-46-44-42-40-38-36-34-32-30-28-26-24-22-20-18-16-14-12-10-8-6-4-2-1-3-5-7-9-11-13-15-17-19-21-23-25-27-29-31-33-35-37-39-41-43-45-47-49-51-53-55-57-59-61-63-65-67-69-71-73-76(79)80/h77-78H,1-75H2,(H,79,80). The van der Waals surface area contributed by atoms with E-state index in [4.69, 9.17) is 10.2 Å². The molecule has 0 aliphatic rings. The lowest BCUT2D eigenvalue weighted by Crippen LogP contribution is -2.15. The number of carboxylic acid groups (broad SMARTS) is 1. The summed E-state index contributed by atoms with van der Waals surface area (Å²) in [5.74, 6) is -0.646. The molecule has 0 fully saturated rings. The third kappa shape index (κ3) is 77.4. The summed E-state index contributed by atoms with van der Waals surface area (Å²) >= 11 is 0. The van der Waals surface area contributed by atoms with Gasteiger partial charge >= 0.3 is 5.97 Å². The summed E-state index contributed by atoms with van der Waals surface area (Å²) in [6.07, 6.45) is 104. The Morgan fingerprint density at radius 1 is 0.175 bits per heavy atom. The molecule has 80 heavy (non-hydrogen) atoms. The van der Waals surface area contributed by atoms with E-state index in [0.29, 0.717) is 6.42 Å². The molecule has 0 aromatic carbocycles. The van der Waals surface area contributed by atoms with Gasteiger partial charge in [0.1, 0.15) is 0 Å². The van der Waals surface area contributed by atoms with E-state index in [2.05, 4.69) is 5.32 Å². The average Bonchev–Trinajstić information content (AvgIpc) is 3.46. The van der Waals surface area contributed by atoms with Crippen LogP contribution in [-0.2, 0) is 4.79 Å². The van der Waals surface area contributed by atoms with Gasteiger partial charge < -0.3 is 10.2 Å². The van der Waals surface area contributed by atoms with E-state index in [1.54, 1.807) is 0 Å². The van der Waals surface area contributed by atoms with E-state index in [0.717, 1.165) is 19.4 Å². The van der Waals surface area contributed by atoms with Crippen molar-refractivity contribution in [3.63, 3.8) is 0 Å². The number of aliphatic hydroxyl groups excluding tert-OH is 1. The van der Waals surface area contributed by atoms with Crippen LogP contribution in [0.4, 0.5) is 0 Å². The molecule has 0 aliphatic heterocycles. The van der Waals surface area contributed by atoms with Gasteiger partial charge in [-0.2, -0.15) is 0 Å². The van der Waals surface area contributed by atoms with Crippen molar-refractivity contribution in [2.24, 2.45) is 0 Å². The van der Waals surface area contributed by atoms with E-state index in [-0.39, 0.29) is 6.73 Å². The van der Waals surface area contributed by atoms with E-state index in [1.807, 2.05) is 0 Å². The van der Waals surface area contributed by atoms with E-state index < -0.39 is 5.97 Å². The molecule has 0 saturated carbocycles. The summed E-state index contributed by atoms with van der Waals surface area (Å²) in [7, 11) is 0. The van der Waals surface area contributed by atoms with Crippen LogP contribution in [0, 0.1) is 0 Å². The van der Waals surface area contributed by atoms with Crippen LogP contribution in [0.2, 0.25) is 0 Å². The van der Waals surface area contributed by atoms with Gasteiger partial charge in [-0.15, -0.1) is 0 Å². The summed E-state index contributed by atoms with van der Waals surface area (Å²) in [6.45, 7) is 1.09. The SMILES string of the molecule is O=C(O)CCCCCCCCCCCCCCCCCCCCCCCCCCCCCCCCCCCCCCCCCCCCCCCCCCCCCCCCCCCCCCCCCCCCCCCCCCNCO. The summed E-state index contributed by atoms with van der Waals surface area (Å²) in [6, 6.07) is 0. The Bertz CT molecular complexity index is 1060. The van der Waals surface area contributed by atoms with Gasteiger partial charge in [-0.05, 0) is 19.4 Å². The molecule has 0 aromatic heterocycles. The molecule has 0 amide bonds. The minimum absolute atomic E-state index is 0.123. The maximum atomic E-state index is 10.5. The van der Waals surface area contributed by atoms with Gasteiger partial charge in [0, 0.05) is 6.42 Å². The summed E-state index contributed by atoms with van der Waals surface area (Å²) in [5, 5.41) is 20.4. The first kappa shape index (κ1) is 79.4. The van der Waals surface area contributed by atoms with Crippen molar-refractivity contribution in [3.05, 3.63) is 0 Å². The van der Waals surface area contributed by atoms with Crippen LogP contribution < -0.4 is 5.32 Å². The lowest BCUT2D eigenvalue weighted by atomic mass is 10.0. The highest BCUT2D eigenvalue weighted by molar-refractivity contribution is 5.66. The maximum absolute atomic E-state index is 10.5. The largest absolute Gasteiger partial charge is 0.481 e. The van der Waals surface area contributed by atoms with Crippen LogP contribution in [0.15, 0.2) is 0 Å². The van der Waals surface area contributed by atoms with E-state index in [1.165, 1.54) is 449 Å². The number of hydrogen-bond donors (Lipinski definition) is 3. The zero-order chi connectivity index (χ0) is 57.3. The molecule has 0 spiro atoms. The van der Waals surface area contributed by atoms with Crippen LogP contribution in [-0.4, -0.2) is 29.5 Å². The fourth-order valence-electron chi connectivity index (χ4n) is 13.0. The lowest BCUT2D eigenvalue weighted by molar-refractivity contribution is -0.137. The zero-order valence-corrected chi connectivity index (χ0v) is 55.3. The van der Waals surface area contributed by atoms with Crippen molar-refractivity contribution >= 4 is 5.97 Å². The number of nitrogens with one attached hydrogen (secondary N) is 1. The maximum Gasteiger partial charge on any atom is 0.303 e. The number of rotatable bonds is 76. The molecule has 0 bridgehead atoms. The molecule has 4 nitrogen and oxygen atoms in total. The highest BCUT2D eigenvalue weighted by atomic mass is 16.4. The third-order valence-electron chi connectivity index (χ3n) is 18.6. The van der Waals surface area contributed by atoms with Gasteiger partial charge in [-0.1, -0.05) is 449 Å². The molecular formula is C76H153NO3. The molecule has 0 rings (SSSR count). The van der Waals surface area contributed by atoms with Crippen LogP contribution >= 0.6 is 0 Å². The molecule has 0 unspecified atom stereocenters. The quantitative estimate of drug-likeness (QED) is 0.0419. The number of aliphatic hydroxyl groups is 1. The van der Waals surface area contributed by atoms with Gasteiger partial charge in [-0.25, -0.2) is 0 Å². The molecule has 4 heteroatoms. The van der Waals surface area contributed by atoms with Crippen molar-refractivity contribution < 1.29 is 15.0 Å². The second-order valence-electron chi connectivity index (χ2n) is 26.8. The van der Waals surface area contributed by atoms with E-state index in [9.17, 15) is 4.79 Å². The summed E-state index contributed by atoms with van der Waals surface area (Å²) in [4.78, 5) is 10.5. The van der Waals surface area contributed by atoms with Crippen molar-refractivity contribution in [2.45, 2.75) is 469 Å². The Morgan fingerprint density at radius 2 is 0.275 bits per heavy atom. The number of carbonyl (C=O) groups is 1. The van der Waals surface area contributed by atoms with Gasteiger partial charge in [-0.3, -0.25) is 10.1 Å². The molecule has 480 valence electrons. The third-order valence-corrected chi connectivity index (χ3v) is 18.6. The fraction of sp³-hybridized carbons (Fsp3) is 0.987. The molecule has 0 aromatic rings. The first-order chi connectivity index (χ1) is 39.8. The number of carboxylic acids is 1. The molecule has 0 aliphatic carbocycles. The molecule has 0 atom stereocenters. The molecule has 0 radical (unpaired) electrons. The monoisotopic (exact) mass is 1130 g/mol. The second kappa shape index (κ2) is 76.4. The average molecular weight is 1130 g/mol. The number of aliphatic carboxylic acids is 1. The second-order valence-corrected chi connectivity index (χ2v) is 26.8. The molecule has 0 heterocycles.